The molecule has 184 valence electrons. The lowest BCUT2D eigenvalue weighted by Gasteiger charge is -2.36. The van der Waals surface area contributed by atoms with E-state index in [2.05, 4.69) is 30.3 Å². The predicted octanol–water partition coefficient (Wildman–Crippen LogP) is 6.18. The molecule has 0 spiro atoms. The SMILES string of the molecule is CC(C)CC(c1ccc2c(cnn2-c2ccc(F)cc2)c1)C(C)(C)CNC(=O)NCC(F)(F)F. The topological polar surface area (TPSA) is 59.0 Å². The van der Waals surface area contributed by atoms with E-state index in [0.717, 1.165) is 28.6 Å². The fourth-order valence-electron chi connectivity index (χ4n) is 4.11. The van der Waals surface area contributed by atoms with Crippen LogP contribution in [-0.4, -0.2) is 35.1 Å². The van der Waals surface area contributed by atoms with Crippen LogP contribution in [0.15, 0.2) is 48.7 Å². The molecule has 0 saturated carbocycles. The molecule has 0 bridgehead atoms. The zero-order valence-corrected chi connectivity index (χ0v) is 19.7. The van der Waals surface area contributed by atoms with Crippen molar-refractivity contribution >= 4 is 16.9 Å². The van der Waals surface area contributed by atoms with Crippen LogP contribution in [-0.2, 0) is 0 Å². The third kappa shape index (κ3) is 6.48. The van der Waals surface area contributed by atoms with Gasteiger partial charge in [-0.05, 0) is 65.6 Å². The average molecular weight is 479 g/mol. The van der Waals surface area contributed by atoms with E-state index in [9.17, 15) is 22.4 Å². The van der Waals surface area contributed by atoms with E-state index in [4.69, 9.17) is 0 Å². The Kier molecular flexibility index (Phi) is 7.53. The first-order chi connectivity index (χ1) is 15.9. The normalized spacial score (nSPS) is 13.3. The van der Waals surface area contributed by atoms with Gasteiger partial charge in [0.25, 0.3) is 0 Å². The van der Waals surface area contributed by atoms with Gasteiger partial charge in [-0.2, -0.15) is 18.3 Å². The fraction of sp³-hybridized carbons (Fsp3) is 0.440. The Labute approximate surface area is 196 Å². The fourth-order valence-corrected chi connectivity index (χ4v) is 4.11. The highest BCUT2D eigenvalue weighted by atomic mass is 19.4. The second kappa shape index (κ2) is 10.0. The molecule has 2 amide bonds. The van der Waals surface area contributed by atoms with Gasteiger partial charge in [-0.3, -0.25) is 0 Å². The number of halogens is 4. The summed E-state index contributed by atoms with van der Waals surface area (Å²) >= 11 is 0. The first kappa shape index (κ1) is 25.5. The summed E-state index contributed by atoms with van der Waals surface area (Å²) in [5.74, 6) is 0.0805. The van der Waals surface area contributed by atoms with Crippen molar-refractivity contribution in [3.05, 3.63) is 60.0 Å². The van der Waals surface area contributed by atoms with Crippen LogP contribution in [0.25, 0.3) is 16.6 Å². The first-order valence-corrected chi connectivity index (χ1v) is 11.2. The molecule has 0 radical (unpaired) electrons. The highest BCUT2D eigenvalue weighted by molar-refractivity contribution is 5.81. The molecule has 1 heterocycles. The number of fused-ring (bicyclic) bond motifs is 1. The molecule has 0 aliphatic heterocycles. The highest BCUT2D eigenvalue weighted by Gasteiger charge is 2.33. The Morgan fingerprint density at radius 1 is 1.03 bits per heavy atom. The summed E-state index contributed by atoms with van der Waals surface area (Å²) in [7, 11) is 0. The number of alkyl halides is 3. The molecule has 1 unspecified atom stereocenters. The molecule has 0 fully saturated rings. The summed E-state index contributed by atoms with van der Waals surface area (Å²) in [5, 5.41) is 9.81. The van der Waals surface area contributed by atoms with Gasteiger partial charge < -0.3 is 10.6 Å². The number of amides is 2. The van der Waals surface area contributed by atoms with Crippen molar-refractivity contribution in [1.29, 1.82) is 0 Å². The Morgan fingerprint density at radius 3 is 2.29 bits per heavy atom. The number of nitrogens with one attached hydrogen (secondary N) is 2. The molecule has 3 aromatic rings. The monoisotopic (exact) mass is 478 g/mol. The van der Waals surface area contributed by atoms with Gasteiger partial charge in [0.05, 0.1) is 17.4 Å². The van der Waals surface area contributed by atoms with Gasteiger partial charge in [0.2, 0.25) is 0 Å². The number of hydrogen-bond donors (Lipinski definition) is 2. The Morgan fingerprint density at radius 2 is 1.68 bits per heavy atom. The van der Waals surface area contributed by atoms with Crippen LogP contribution in [0.5, 0.6) is 0 Å². The van der Waals surface area contributed by atoms with Crippen molar-refractivity contribution in [3.63, 3.8) is 0 Å². The molecule has 2 N–H and O–H groups in total. The number of urea groups is 1. The highest BCUT2D eigenvalue weighted by Crippen LogP contribution is 2.41. The van der Waals surface area contributed by atoms with Crippen molar-refractivity contribution in [2.75, 3.05) is 13.1 Å². The summed E-state index contributed by atoms with van der Waals surface area (Å²) < 4.78 is 52.2. The Bertz CT molecular complexity index is 1120. The number of aromatic nitrogens is 2. The lowest BCUT2D eigenvalue weighted by atomic mass is 9.71. The van der Waals surface area contributed by atoms with Crippen molar-refractivity contribution in [3.8, 4) is 5.69 Å². The molecule has 0 aliphatic carbocycles. The minimum absolute atomic E-state index is 0.0361. The van der Waals surface area contributed by atoms with E-state index < -0.39 is 24.2 Å². The number of benzene rings is 2. The Hall–Kier alpha value is -3.10. The molecule has 3 rings (SSSR count). The van der Waals surface area contributed by atoms with Gasteiger partial charge in [-0.1, -0.05) is 33.8 Å². The quantitative estimate of drug-likeness (QED) is 0.380. The van der Waals surface area contributed by atoms with Crippen LogP contribution in [0.2, 0.25) is 0 Å². The standard InChI is InChI=1S/C25H30F4N4O/c1-16(2)11-21(24(3,4)14-30-23(34)31-15-25(27,28)29)17-5-10-22-18(12-17)13-32-33(22)20-8-6-19(26)7-9-20/h5-10,12-13,16,21H,11,14-15H2,1-4H3,(H2,30,31,34). The van der Waals surface area contributed by atoms with Crippen LogP contribution in [0, 0.1) is 17.2 Å². The van der Waals surface area contributed by atoms with Crippen LogP contribution < -0.4 is 10.6 Å². The van der Waals surface area contributed by atoms with E-state index in [1.54, 1.807) is 23.0 Å². The molecular formula is C25H30F4N4O. The van der Waals surface area contributed by atoms with Crippen molar-refractivity contribution in [2.45, 2.75) is 46.2 Å². The molecule has 1 atom stereocenters. The summed E-state index contributed by atoms with van der Waals surface area (Å²) in [5.41, 5.74) is 2.25. The smallest absolute Gasteiger partial charge is 0.338 e. The van der Waals surface area contributed by atoms with E-state index >= 15 is 0 Å². The predicted molar refractivity (Wildman–Crippen MR) is 124 cm³/mol. The van der Waals surface area contributed by atoms with Crippen LogP contribution in [0.4, 0.5) is 22.4 Å². The maximum atomic E-state index is 13.3. The van der Waals surface area contributed by atoms with Crippen LogP contribution in [0.3, 0.4) is 0 Å². The van der Waals surface area contributed by atoms with E-state index in [1.807, 2.05) is 31.3 Å². The number of nitrogens with zero attached hydrogens (tertiary/aromatic N) is 2. The average Bonchev–Trinajstić information content (AvgIpc) is 3.18. The van der Waals surface area contributed by atoms with Gasteiger partial charge in [0.15, 0.2) is 0 Å². The van der Waals surface area contributed by atoms with Gasteiger partial charge in [-0.25, -0.2) is 13.9 Å². The van der Waals surface area contributed by atoms with Crippen LogP contribution in [0.1, 0.15) is 45.6 Å². The van der Waals surface area contributed by atoms with Gasteiger partial charge >= 0.3 is 12.2 Å². The zero-order valence-electron chi connectivity index (χ0n) is 19.7. The zero-order chi connectivity index (χ0) is 25.1. The Balaban J connectivity index is 1.83. The van der Waals surface area contributed by atoms with Crippen molar-refractivity contribution < 1.29 is 22.4 Å². The minimum atomic E-state index is -4.46. The second-order valence-electron chi connectivity index (χ2n) is 9.67. The van der Waals surface area contributed by atoms with Crippen LogP contribution >= 0.6 is 0 Å². The molecule has 34 heavy (non-hydrogen) atoms. The molecule has 0 saturated heterocycles. The number of carbonyl (C=O) groups excluding carboxylic acids is 1. The van der Waals surface area contributed by atoms with E-state index in [1.165, 1.54) is 12.1 Å². The van der Waals surface area contributed by atoms with E-state index in [0.29, 0.717) is 5.92 Å². The summed E-state index contributed by atoms with van der Waals surface area (Å²) in [6.45, 7) is 7.05. The first-order valence-electron chi connectivity index (χ1n) is 11.2. The van der Waals surface area contributed by atoms with Gasteiger partial charge in [-0.15, -0.1) is 0 Å². The third-order valence-electron chi connectivity index (χ3n) is 5.87. The molecule has 9 heteroatoms. The molecule has 5 nitrogen and oxygen atoms in total. The molecule has 0 aliphatic rings. The summed E-state index contributed by atoms with van der Waals surface area (Å²) in [6.07, 6.45) is -1.87. The minimum Gasteiger partial charge on any atom is -0.338 e. The largest absolute Gasteiger partial charge is 0.405 e. The number of rotatable bonds is 8. The maximum absolute atomic E-state index is 13.3. The lowest BCUT2D eigenvalue weighted by molar-refractivity contribution is -0.122. The van der Waals surface area contributed by atoms with Crippen molar-refractivity contribution in [1.82, 2.24) is 20.4 Å². The van der Waals surface area contributed by atoms with Crippen molar-refractivity contribution in [2.24, 2.45) is 11.3 Å². The maximum Gasteiger partial charge on any atom is 0.405 e. The third-order valence-corrected chi connectivity index (χ3v) is 5.87. The van der Waals surface area contributed by atoms with Gasteiger partial charge in [0, 0.05) is 11.9 Å². The lowest BCUT2D eigenvalue weighted by Crippen LogP contribution is -2.45. The van der Waals surface area contributed by atoms with E-state index in [-0.39, 0.29) is 18.3 Å². The second-order valence-corrected chi connectivity index (χ2v) is 9.67. The molecule has 2 aromatic carbocycles. The summed E-state index contributed by atoms with van der Waals surface area (Å²) in [4.78, 5) is 11.9. The number of hydrogen-bond acceptors (Lipinski definition) is 2. The molecular weight excluding hydrogens is 448 g/mol. The molecule has 1 aromatic heterocycles. The summed E-state index contributed by atoms with van der Waals surface area (Å²) in [6, 6.07) is 11.3. The van der Waals surface area contributed by atoms with Gasteiger partial charge in [0.1, 0.15) is 12.4 Å². The number of carbonyl (C=O) groups is 1.